The van der Waals surface area contributed by atoms with Gasteiger partial charge < -0.3 is 15.5 Å². The van der Waals surface area contributed by atoms with Crippen LogP contribution in [-0.4, -0.2) is 49.1 Å². The Labute approximate surface area is 123 Å². The molecule has 0 aromatic carbocycles. The zero-order valence-electron chi connectivity index (χ0n) is 13.2. The van der Waals surface area contributed by atoms with Gasteiger partial charge in [0.1, 0.15) is 0 Å². The lowest BCUT2D eigenvalue weighted by Crippen LogP contribution is -2.45. The van der Waals surface area contributed by atoms with Gasteiger partial charge in [0.15, 0.2) is 0 Å². The van der Waals surface area contributed by atoms with E-state index in [1.807, 2.05) is 0 Å². The summed E-state index contributed by atoms with van der Waals surface area (Å²) in [5.74, 6) is 0.949. The lowest BCUT2D eigenvalue weighted by atomic mass is 9.91. The van der Waals surface area contributed by atoms with Crippen molar-refractivity contribution in [2.75, 3.05) is 26.2 Å². The van der Waals surface area contributed by atoms with E-state index >= 15 is 0 Å². The van der Waals surface area contributed by atoms with Crippen LogP contribution in [0.3, 0.4) is 0 Å². The van der Waals surface area contributed by atoms with Crippen LogP contribution in [0, 0.1) is 5.92 Å². The predicted octanol–water partition coefficient (Wildman–Crippen LogP) is 1.76. The molecule has 4 nitrogen and oxygen atoms in total. The summed E-state index contributed by atoms with van der Waals surface area (Å²) in [6.45, 7) is 9.05. The van der Waals surface area contributed by atoms with Gasteiger partial charge in [0.2, 0.25) is 5.91 Å². The highest BCUT2D eigenvalue weighted by molar-refractivity contribution is 5.76. The minimum Gasteiger partial charge on any atom is -0.353 e. The number of nitrogens with zero attached hydrogens (tertiary/aromatic N) is 1. The monoisotopic (exact) mass is 281 g/mol. The highest BCUT2D eigenvalue weighted by Gasteiger charge is 2.25. The smallest absolute Gasteiger partial charge is 0.221 e. The molecule has 4 heteroatoms. The van der Waals surface area contributed by atoms with Crippen LogP contribution in [0.1, 0.15) is 52.4 Å². The van der Waals surface area contributed by atoms with E-state index in [0.29, 0.717) is 18.5 Å². The van der Waals surface area contributed by atoms with E-state index in [1.165, 1.54) is 51.7 Å². The Morgan fingerprint density at radius 3 is 2.85 bits per heavy atom. The maximum Gasteiger partial charge on any atom is 0.221 e. The number of likely N-dealkylation sites (tertiary alicyclic amines) is 1. The molecular weight excluding hydrogens is 250 g/mol. The maximum absolute atomic E-state index is 11.6. The first-order valence-electron chi connectivity index (χ1n) is 8.44. The number of nitrogens with one attached hydrogen (secondary N) is 2. The first-order chi connectivity index (χ1) is 9.69. The number of carbonyl (C=O) groups excluding carboxylic acids is 1. The van der Waals surface area contributed by atoms with Gasteiger partial charge in [-0.15, -0.1) is 0 Å². The van der Waals surface area contributed by atoms with Gasteiger partial charge in [-0.3, -0.25) is 4.79 Å². The van der Waals surface area contributed by atoms with Crippen molar-refractivity contribution in [2.45, 2.75) is 64.5 Å². The van der Waals surface area contributed by atoms with Crippen LogP contribution >= 0.6 is 0 Å². The normalized spacial score (nSPS) is 25.4. The second kappa shape index (κ2) is 7.99. The van der Waals surface area contributed by atoms with Gasteiger partial charge in [0, 0.05) is 31.6 Å². The van der Waals surface area contributed by atoms with Crippen molar-refractivity contribution in [3.05, 3.63) is 0 Å². The molecule has 0 spiro atoms. The fraction of sp³-hybridized carbons (Fsp3) is 0.938. The lowest BCUT2D eigenvalue weighted by molar-refractivity contribution is -0.121. The quantitative estimate of drug-likeness (QED) is 0.712. The molecule has 0 aromatic rings. The van der Waals surface area contributed by atoms with Gasteiger partial charge in [0.05, 0.1) is 0 Å². The average Bonchev–Trinajstić information content (AvgIpc) is 3.23. The van der Waals surface area contributed by atoms with Gasteiger partial charge in [-0.25, -0.2) is 0 Å². The van der Waals surface area contributed by atoms with Crippen LogP contribution < -0.4 is 10.6 Å². The molecule has 1 aliphatic carbocycles. The van der Waals surface area contributed by atoms with Gasteiger partial charge in [0.25, 0.3) is 0 Å². The summed E-state index contributed by atoms with van der Waals surface area (Å²) in [4.78, 5) is 14.2. The summed E-state index contributed by atoms with van der Waals surface area (Å²) in [6, 6.07) is 1.00. The Bertz CT molecular complexity index is 302. The van der Waals surface area contributed by atoms with E-state index in [9.17, 15) is 4.79 Å². The van der Waals surface area contributed by atoms with Gasteiger partial charge in [-0.2, -0.15) is 0 Å². The summed E-state index contributed by atoms with van der Waals surface area (Å²) in [7, 11) is 0. The molecule has 1 saturated carbocycles. The second-order valence-electron chi connectivity index (χ2n) is 6.54. The molecule has 2 atom stereocenters. The van der Waals surface area contributed by atoms with E-state index < -0.39 is 0 Å². The molecule has 0 bridgehead atoms. The number of hydrogen-bond donors (Lipinski definition) is 2. The molecule has 2 N–H and O–H groups in total. The highest BCUT2D eigenvalue weighted by atomic mass is 16.1. The topological polar surface area (TPSA) is 44.4 Å². The number of amides is 1. The Balaban J connectivity index is 1.60. The number of hydrogen-bond acceptors (Lipinski definition) is 3. The van der Waals surface area contributed by atoms with E-state index in [4.69, 9.17) is 0 Å². The van der Waals surface area contributed by atoms with Crippen LogP contribution in [-0.2, 0) is 4.79 Å². The van der Waals surface area contributed by atoms with Crippen molar-refractivity contribution < 1.29 is 4.79 Å². The van der Waals surface area contributed by atoms with Gasteiger partial charge in [-0.1, -0.05) is 6.92 Å². The molecule has 1 saturated heterocycles. The van der Waals surface area contributed by atoms with Crippen molar-refractivity contribution in [3.63, 3.8) is 0 Å². The first kappa shape index (κ1) is 15.8. The Morgan fingerprint density at radius 1 is 1.35 bits per heavy atom. The number of rotatable bonds is 8. The van der Waals surface area contributed by atoms with Crippen LogP contribution in [0.4, 0.5) is 0 Å². The van der Waals surface area contributed by atoms with Crippen LogP contribution in [0.15, 0.2) is 0 Å². The average molecular weight is 281 g/mol. The van der Waals surface area contributed by atoms with Crippen molar-refractivity contribution >= 4 is 5.91 Å². The third kappa shape index (κ3) is 5.41. The fourth-order valence-corrected chi connectivity index (χ4v) is 3.13. The van der Waals surface area contributed by atoms with Crippen molar-refractivity contribution in [3.8, 4) is 0 Å². The van der Waals surface area contributed by atoms with E-state index in [2.05, 4.69) is 29.4 Å². The van der Waals surface area contributed by atoms with Crippen LogP contribution in [0.25, 0.3) is 0 Å². The zero-order chi connectivity index (χ0) is 14.4. The third-order valence-corrected chi connectivity index (χ3v) is 4.55. The molecule has 1 amide bonds. The maximum atomic E-state index is 11.6. The molecule has 1 heterocycles. The van der Waals surface area contributed by atoms with Gasteiger partial charge >= 0.3 is 0 Å². The second-order valence-corrected chi connectivity index (χ2v) is 6.54. The predicted molar refractivity (Wildman–Crippen MR) is 82.7 cm³/mol. The largest absolute Gasteiger partial charge is 0.353 e. The molecule has 0 aromatic heterocycles. The highest BCUT2D eigenvalue weighted by Crippen LogP contribution is 2.20. The SMILES string of the molecule is CCCN1CCCC(C(C)NCCC(=O)NC2CC2)C1. The van der Waals surface area contributed by atoms with Crippen molar-refractivity contribution in [1.29, 1.82) is 0 Å². The molecule has 0 radical (unpaired) electrons. The first-order valence-corrected chi connectivity index (χ1v) is 8.44. The summed E-state index contributed by atoms with van der Waals surface area (Å²) >= 11 is 0. The molecule has 20 heavy (non-hydrogen) atoms. The lowest BCUT2D eigenvalue weighted by Gasteiger charge is -2.36. The summed E-state index contributed by atoms with van der Waals surface area (Å²) in [5, 5.41) is 6.60. The number of carbonyl (C=O) groups is 1. The molecule has 2 unspecified atom stereocenters. The summed E-state index contributed by atoms with van der Waals surface area (Å²) in [5.41, 5.74) is 0. The summed E-state index contributed by atoms with van der Waals surface area (Å²) in [6.07, 6.45) is 6.85. The van der Waals surface area contributed by atoms with E-state index in [-0.39, 0.29) is 5.91 Å². The molecule has 2 aliphatic rings. The molecule has 2 rings (SSSR count). The molecular formula is C16H31N3O. The Hall–Kier alpha value is -0.610. The fourth-order valence-electron chi connectivity index (χ4n) is 3.13. The Morgan fingerprint density at radius 2 is 2.15 bits per heavy atom. The van der Waals surface area contributed by atoms with Crippen LogP contribution in [0.5, 0.6) is 0 Å². The third-order valence-electron chi connectivity index (χ3n) is 4.55. The van der Waals surface area contributed by atoms with Crippen molar-refractivity contribution in [1.82, 2.24) is 15.5 Å². The zero-order valence-corrected chi connectivity index (χ0v) is 13.2. The minimum absolute atomic E-state index is 0.212. The van der Waals surface area contributed by atoms with E-state index in [1.54, 1.807) is 0 Å². The summed E-state index contributed by atoms with van der Waals surface area (Å²) < 4.78 is 0. The number of piperidine rings is 1. The van der Waals surface area contributed by atoms with Crippen molar-refractivity contribution in [2.24, 2.45) is 5.92 Å². The van der Waals surface area contributed by atoms with E-state index in [0.717, 1.165) is 12.5 Å². The standard InChI is InChI=1S/C16H31N3O/c1-3-10-19-11-4-5-14(12-19)13(2)17-9-8-16(20)18-15-6-7-15/h13-15,17H,3-12H2,1-2H3,(H,18,20). The van der Waals surface area contributed by atoms with Gasteiger partial charge in [-0.05, 0) is 58.0 Å². The Kier molecular flexibility index (Phi) is 6.30. The minimum atomic E-state index is 0.212. The molecule has 116 valence electrons. The van der Waals surface area contributed by atoms with Crippen LogP contribution in [0.2, 0.25) is 0 Å². The molecule has 2 fully saturated rings. The molecule has 1 aliphatic heterocycles.